The first-order valence-corrected chi connectivity index (χ1v) is 8.75. The van der Waals surface area contributed by atoms with Crippen molar-refractivity contribution < 1.29 is 18.4 Å². The molecule has 1 amide bonds. The van der Waals surface area contributed by atoms with Crippen molar-refractivity contribution in [3.63, 3.8) is 0 Å². The van der Waals surface area contributed by atoms with E-state index >= 15 is 0 Å². The molecule has 140 valence electrons. The molecular formula is C19H20N4O4. The third kappa shape index (κ3) is 3.85. The first kappa shape index (κ1) is 17.3. The summed E-state index contributed by atoms with van der Waals surface area (Å²) in [5.74, 6) is 2.17. The van der Waals surface area contributed by atoms with Crippen LogP contribution in [-0.2, 0) is 6.54 Å². The zero-order chi connectivity index (χ0) is 18.6. The van der Waals surface area contributed by atoms with Crippen LogP contribution in [0.2, 0.25) is 0 Å². The zero-order valence-corrected chi connectivity index (χ0v) is 15.0. The highest BCUT2D eigenvalue weighted by molar-refractivity contribution is 5.94. The number of aromatic nitrogens is 2. The molecule has 1 aliphatic heterocycles. The largest absolute Gasteiger partial charge is 0.497 e. The van der Waals surface area contributed by atoms with Gasteiger partial charge in [0.05, 0.1) is 19.9 Å². The quantitative estimate of drug-likeness (QED) is 0.683. The van der Waals surface area contributed by atoms with E-state index in [1.165, 1.54) is 0 Å². The lowest BCUT2D eigenvalue weighted by Gasteiger charge is -2.34. The Balaban J connectivity index is 1.33. The number of carbonyl (C=O) groups excluding carboxylic acids is 1. The average Bonchev–Trinajstić information content (AvgIpc) is 3.40. The van der Waals surface area contributed by atoms with Crippen molar-refractivity contribution in [2.24, 2.45) is 0 Å². The van der Waals surface area contributed by atoms with E-state index in [9.17, 15) is 4.79 Å². The number of carbonyl (C=O) groups is 1. The molecule has 3 aromatic rings. The van der Waals surface area contributed by atoms with Crippen LogP contribution in [0.25, 0.3) is 11.7 Å². The number of rotatable bonds is 5. The third-order valence-corrected chi connectivity index (χ3v) is 4.53. The maximum absolute atomic E-state index is 12.7. The van der Waals surface area contributed by atoms with Gasteiger partial charge in [0.1, 0.15) is 5.75 Å². The Morgan fingerprint density at radius 2 is 2.00 bits per heavy atom. The van der Waals surface area contributed by atoms with Crippen LogP contribution < -0.4 is 4.74 Å². The number of piperazine rings is 1. The Hall–Kier alpha value is -3.13. The van der Waals surface area contributed by atoms with Gasteiger partial charge in [-0.05, 0) is 30.3 Å². The van der Waals surface area contributed by atoms with E-state index in [0.717, 1.165) is 13.1 Å². The van der Waals surface area contributed by atoms with E-state index in [1.807, 2.05) is 23.1 Å². The standard InChI is InChI=1S/C19H20N4O4/c1-25-15-5-2-4-14(12-15)19(24)23-9-7-22(8-10-23)13-17-20-21-18(27-17)16-6-3-11-26-16/h2-6,11-12H,7-10,13H2,1H3. The van der Waals surface area contributed by atoms with Gasteiger partial charge in [0.25, 0.3) is 11.8 Å². The number of methoxy groups -OCH3 is 1. The predicted octanol–water partition coefficient (Wildman–Crippen LogP) is 2.30. The first-order valence-electron chi connectivity index (χ1n) is 8.75. The molecule has 8 heteroatoms. The van der Waals surface area contributed by atoms with Gasteiger partial charge in [0, 0.05) is 31.7 Å². The molecular weight excluding hydrogens is 348 g/mol. The zero-order valence-electron chi connectivity index (χ0n) is 15.0. The molecule has 0 saturated carbocycles. The molecule has 1 aliphatic rings. The van der Waals surface area contributed by atoms with Crippen molar-refractivity contribution in [3.05, 3.63) is 54.1 Å². The van der Waals surface area contributed by atoms with E-state index in [2.05, 4.69) is 15.1 Å². The molecule has 0 aliphatic carbocycles. The van der Waals surface area contributed by atoms with Gasteiger partial charge >= 0.3 is 0 Å². The van der Waals surface area contributed by atoms with Crippen LogP contribution in [0, 0.1) is 0 Å². The summed E-state index contributed by atoms with van der Waals surface area (Å²) in [5, 5.41) is 8.08. The number of ether oxygens (including phenoxy) is 1. The fraction of sp³-hybridized carbons (Fsp3) is 0.316. The van der Waals surface area contributed by atoms with Crippen molar-refractivity contribution in [2.45, 2.75) is 6.54 Å². The van der Waals surface area contributed by atoms with Crippen molar-refractivity contribution >= 4 is 5.91 Å². The van der Waals surface area contributed by atoms with Crippen LogP contribution in [0.15, 0.2) is 51.5 Å². The van der Waals surface area contributed by atoms with E-state index in [0.29, 0.717) is 48.5 Å². The van der Waals surface area contributed by atoms with Crippen LogP contribution in [0.5, 0.6) is 5.75 Å². The van der Waals surface area contributed by atoms with Gasteiger partial charge in [-0.3, -0.25) is 9.69 Å². The lowest BCUT2D eigenvalue weighted by molar-refractivity contribution is 0.0618. The summed E-state index contributed by atoms with van der Waals surface area (Å²) in [6.07, 6.45) is 1.57. The van der Waals surface area contributed by atoms with Crippen LogP contribution in [0.1, 0.15) is 16.2 Å². The molecule has 1 fully saturated rings. The molecule has 0 unspecified atom stereocenters. The van der Waals surface area contributed by atoms with E-state index < -0.39 is 0 Å². The minimum Gasteiger partial charge on any atom is -0.497 e. The Morgan fingerprint density at radius 1 is 1.15 bits per heavy atom. The number of hydrogen-bond donors (Lipinski definition) is 0. The summed E-state index contributed by atoms with van der Waals surface area (Å²) in [6.45, 7) is 3.34. The van der Waals surface area contributed by atoms with Gasteiger partial charge < -0.3 is 18.5 Å². The molecule has 4 rings (SSSR count). The van der Waals surface area contributed by atoms with Crippen LogP contribution in [0.3, 0.4) is 0 Å². The highest BCUT2D eigenvalue weighted by Gasteiger charge is 2.24. The van der Waals surface area contributed by atoms with Crippen molar-refractivity contribution in [2.75, 3.05) is 33.3 Å². The van der Waals surface area contributed by atoms with Gasteiger partial charge in [-0.15, -0.1) is 10.2 Å². The SMILES string of the molecule is COc1cccc(C(=O)N2CCN(Cc3nnc(-c4ccco4)o3)CC2)c1. The van der Waals surface area contributed by atoms with Gasteiger partial charge in [-0.1, -0.05) is 6.07 Å². The monoisotopic (exact) mass is 368 g/mol. The summed E-state index contributed by atoms with van der Waals surface area (Å²) in [4.78, 5) is 16.7. The second-order valence-corrected chi connectivity index (χ2v) is 6.28. The van der Waals surface area contributed by atoms with Gasteiger partial charge in [-0.25, -0.2) is 0 Å². The predicted molar refractivity (Wildman–Crippen MR) is 96.2 cm³/mol. The minimum absolute atomic E-state index is 0.0199. The molecule has 0 bridgehead atoms. The first-order chi connectivity index (χ1) is 13.2. The van der Waals surface area contributed by atoms with E-state index in [-0.39, 0.29) is 5.91 Å². The molecule has 0 radical (unpaired) electrons. The molecule has 27 heavy (non-hydrogen) atoms. The number of nitrogens with zero attached hydrogens (tertiary/aromatic N) is 4. The van der Waals surface area contributed by atoms with Crippen molar-refractivity contribution in [1.82, 2.24) is 20.0 Å². The second kappa shape index (κ2) is 7.63. The number of furan rings is 1. The molecule has 0 spiro atoms. The number of hydrogen-bond acceptors (Lipinski definition) is 7. The molecule has 0 N–H and O–H groups in total. The minimum atomic E-state index is 0.0199. The Kier molecular flexibility index (Phi) is 4.88. The van der Waals surface area contributed by atoms with E-state index in [4.69, 9.17) is 13.6 Å². The molecule has 1 aromatic carbocycles. The number of amides is 1. The maximum atomic E-state index is 12.7. The molecule has 8 nitrogen and oxygen atoms in total. The highest BCUT2D eigenvalue weighted by atomic mass is 16.5. The normalized spacial score (nSPS) is 15.1. The average molecular weight is 368 g/mol. The Bertz CT molecular complexity index is 898. The second-order valence-electron chi connectivity index (χ2n) is 6.28. The fourth-order valence-corrected chi connectivity index (χ4v) is 3.06. The highest BCUT2D eigenvalue weighted by Crippen LogP contribution is 2.19. The lowest BCUT2D eigenvalue weighted by Crippen LogP contribution is -2.48. The summed E-state index contributed by atoms with van der Waals surface area (Å²) in [6, 6.07) is 10.8. The van der Waals surface area contributed by atoms with Crippen LogP contribution >= 0.6 is 0 Å². The number of benzene rings is 1. The molecule has 2 aromatic heterocycles. The van der Waals surface area contributed by atoms with Crippen LogP contribution in [0.4, 0.5) is 0 Å². The van der Waals surface area contributed by atoms with Gasteiger partial charge in [-0.2, -0.15) is 0 Å². The lowest BCUT2D eigenvalue weighted by atomic mass is 10.1. The maximum Gasteiger partial charge on any atom is 0.283 e. The smallest absolute Gasteiger partial charge is 0.283 e. The summed E-state index contributed by atoms with van der Waals surface area (Å²) in [5.41, 5.74) is 0.641. The van der Waals surface area contributed by atoms with Crippen LogP contribution in [-0.4, -0.2) is 59.2 Å². The Labute approximate surface area is 156 Å². The Morgan fingerprint density at radius 3 is 2.74 bits per heavy atom. The third-order valence-electron chi connectivity index (χ3n) is 4.53. The van der Waals surface area contributed by atoms with Crippen molar-refractivity contribution in [3.8, 4) is 17.4 Å². The summed E-state index contributed by atoms with van der Waals surface area (Å²) in [7, 11) is 1.59. The van der Waals surface area contributed by atoms with E-state index in [1.54, 1.807) is 31.6 Å². The molecule has 0 atom stereocenters. The summed E-state index contributed by atoms with van der Waals surface area (Å²) >= 11 is 0. The summed E-state index contributed by atoms with van der Waals surface area (Å²) < 4.78 is 16.1. The molecule has 1 saturated heterocycles. The van der Waals surface area contributed by atoms with Crippen molar-refractivity contribution in [1.29, 1.82) is 0 Å². The van der Waals surface area contributed by atoms with Gasteiger partial charge in [0.15, 0.2) is 5.76 Å². The topological polar surface area (TPSA) is 84.8 Å². The fourth-order valence-electron chi connectivity index (χ4n) is 3.06. The van der Waals surface area contributed by atoms with Gasteiger partial charge in [0.2, 0.25) is 5.89 Å². The molecule has 3 heterocycles.